The molecule has 9 heteroatoms. The van der Waals surface area contributed by atoms with Crippen LogP contribution in [0.3, 0.4) is 0 Å². The number of hydrogen-bond donors (Lipinski definition) is 1. The van der Waals surface area contributed by atoms with Crippen LogP contribution in [-0.2, 0) is 0 Å². The number of anilines is 1. The maximum absolute atomic E-state index is 12.5. The fourth-order valence-electron chi connectivity index (χ4n) is 2.50. The molecule has 1 aromatic heterocycles. The van der Waals surface area contributed by atoms with Gasteiger partial charge in [-0.05, 0) is 30.3 Å². The highest BCUT2D eigenvalue weighted by Gasteiger charge is 2.17. The van der Waals surface area contributed by atoms with Crippen molar-refractivity contribution >= 4 is 11.9 Å². The van der Waals surface area contributed by atoms with Crippen molar-refractivity contribution < 1.29 is 28.2 Å². The van der Waals surface area contributed by atoms with Gasteiger partial charge in [-0.2, -0.15) is 0 Å². The molecule has 28 heavy (non-hydrogen) atoms. The van der Waals surface area contributed by atoms with Gasteiger partial charge in [-0.1, -0.05) is 5.10 Å². The number of amides is 1. The molecule has 0 saturated carbocycles. The molecule has 1 amide bonds. The fourth-order valence-corrected chi connectivity index (χ4v) is 2.50. The van der Waals surface area contributed by atoms with Gasteiger partial charge < -0.3 is 23.4 Å². The summed E-state index contributed by atoms with van der Waals surface area (Å²) in [6.07, 6.45) is 0. The van der Waals surface area contributed by atoms with E-state index in [0.717, 1.165) is 0 Å². The molecule has 0 fully saturated rings. The van der Waals surface area contributed by atoms with Crippen LogP contribution in [0, 0.1) is 0 Å². The zero-order valence-corrected chi connectivity index (χ0v) is 15.8. The molecule has 146 valence electrons. The van der Waals surface area contributed by atoms with Crippen LogP contribution >= 0.6 is 0 Å². The van der Waals surface area contributed by atoms with Crippen LogP contribution in [0.1, 0.15) is 10.4 Å². The van der Waals surface area contributed by atoms with E-state index in [4.69, 9.17) is 23.4 Å². The average molecular weight is 385 g/mol. The highest BCUT2D eigenvalue weighted by atomic mass is 16.5. The van der Waals surface area contributed by atoms with Gasteiger partial charge >= 0.3 is 6.01 Å². The lowest BCUT2D eigenvalue weighted by Gasteiger charge is -2.09. The van der Waals surface area contributed by atoms with Crippen molar-refractivity contribution in [3.63, 3.8) is 0 Å². The number of ether oxygens (including phenoxy) is 4. The van der Waals surface area contributed by atoms with Crippen LogP contribution in [0.4, 0.5) is 6.01 Å². The van der Waals surface area contributed by atoms with Crippen molar-refractivity contribution in [1.29, 1.82) is 0 Å². The van der Waals surface area contributed by atoms with E-state index in [-0.39, 0.29) is 11.9 Å². The number of carbonyl (C=O) groups excluding carboxylic acids is 1. The lowest BCUT2D eigenvalue weighted by atomic mass is 10.2. The lowest BCUT2D eigenvalue weighted by molar-refractivity contribution is 0.102. The van der Waals surface area contributed by atoms with Gasteiger partial charge in [0, 0.05) is 11.6 Å². The van der Waals surface area contributed by atoms with Crippen molar-refractivity contribution in [2.45, 2.75) is 0 Å². The smallest absolute Gasteiger partial charge is 0.322 e. The first-order valence-electron chi connectivity index (χ1n) is 8.19. The molecular weight excluding hydrogens is 366 g/mol. The maximum atomic E-state index is 12.5. The Hall–Kier alpha value is -3.75. The third kappa shape index (κ3) is 3.83. The molecule has 0 bridgehead atoms. The minimum absolute atomic E-state index is 0.0485. The summed E-state index contributed by atoms with van der Waals surface area (Å²) in [5.74, 6) is 1.85. The van der Waals surface area contributed by atoms with E-state index >= 15 is 0 Å². The van der Waals surface area contributed by atoms with E-state index < -0.39 is 5.91 Å². The number of carbonyl (C=O) groups is 1. The van der Waals surface area contributed by atoms with Gasteiger partial charge in [0.2, 0.25) is 0 Å². The van der Waals surface area contributed by atoms with Crippen molar-refractivity contribution in [3.8, 4) is 34.5 Å². The van der Waals surface area contributed by atoms with Crippen molar-refractivity contribution in [2.24, 2.45) is 0 Å². The van der Waals surface area contributed by atoms with Gasteiger partial charge in [0.1, 0.15) is 11.5 Å². The molecule has 2 aromatic carbocycles. The predicted molar refractivity (Wildman–Crippen MR) is 100 cm³/mol. The van der Waals surface area contributed by atoms with E-state index in [1.54, 1.807) is 43.5 Å². The van der Waals surface area contributed by atoms with Crippen molar-refractivity contribution in [1.82, 2.24) is 10.2 Å². The number of nitrogens with one attached hydrogen (secondary N) is 1. The Kier molecular flexibility index (Phi) is 5.64. The molecule has 0 atom stereocenters. The van der Waals surface area contributed by atoms with Gasteiger partial charge in [-0.15, -0.1) is 5.10 Å². The number of benzene rings is 2. The Morgan fingerprint density at radius 2 is 1.61 bits per heavy atom. The van der Waals surface area contributed by atoms with Gasteiger partial charge in [0.05, 0.1) is 34.0 Å². The Morgan fingerprint density at radius 3 is 2.29 bits per heavy atom. The molecule has 0 aliphatic heterocycles. The molecule has 1 N–H and O–H groups in total. The third-order valence-corrected chi connectivity index (χ3v) is 3.93. The van der Waals surface area contributed by atoms with E-state index in [0.29, 0.717) is 34.1 Å². The molecule has 3 rings (SSSR count). The minimum atomic E-state index is -0.433. The first-order chi connectivity index (χ1) is 13.6. The fraction of sp³-hybridized carbons (Fsp3) is 0.211. The van der Waals surface area contributed by atoms with Gasteiger partial charge in [-0.3, -0.25) is 10.1 Å². The molecule has 0 spiro atoms. The van der Waals surface area contributed by atoms with E-state index in [9.17, 15) is 4.79 Å². The first kappa shape index (κ1) is 19.0. The highest BCUT2D eigenvalue weighted by Crippen LogP contribution is 2.33. The molecular formula is C19H19N3O6. The molecule has 9 nitrogen and oxygen atoms in total. The summed E-state index contributed by atoms with van der Waals surface area (Å²) in [5.41, 5.74) is 0.918. The normalized spacial score (nSPS) is 10.3. The number of rotatable bonds is 7. The van der Waals surface area contributed by atoms with Crippen LogP contribution in [0.5, 0.6) is 23.0 Å². The highest BCUT2D eigenvalue weighted by molar-refractivity contribution is 6.03. The average Bonchev–Trinajstić information content (AvgIpc) is 3.20. The Bertz CT molecular complexity index is 986. The molecule has 1 heterocycles. The largest absolute Gasteiger partial charge is 0.497 e. The zero-order chi connectivity index (χ0) is 20.1. The zero-order valence-electron chi connectivity index (χ0n) is 15.8. The lowest BCUT2D eigenvalue weighted by Crippen LogP contribution is -2.12. The number of hydrogen-bond acceptors (Lipinski definition) is 8. The number of aromatic nitrogens is 2. The van der Waals surface area contributed by atoms with E-state index in [2.05, 4.69) is 15.5 Å². The standard InChI is InChI=1S/C19H19N3O6/c1-24-12-6-7-13(15(10-12)26-3)18-21-22-19(28-18)20-17(23)11-5-8-14(25-2)16(9-11)27-4/h5-10H,1-4H3,(H,20,22,23). The SMILES string of the molecule is COc1ccc(-c2nnc(NC(=O)c3ccc(OC)c(OC)c3)o2)c(OC)c1. The van der Waals surface area contributed by atoms with Crippen LogP contribution < -0.4 is 24.3 Å². The van der Waals surface area contributed by atoms with Crippen LogP contribution in [0.15, 0.2) is 40.8 Å². The summed E-state index contributed by atoms with van der Waals surface area (Å²) in [6, 6.07) is 9.90. The summed E-state index contributed by atoms with van der Waals surface area (Å²) in [4.78, 5) is 12.5. The topological polar surface area (TPSA) is 105 Å². The summed E-state index contributed by atoms with van der Waals surface area (Å²) < 4.78 is 26.4. The number of nitrogens with zero attached hydrogens (tertiary/aromatic N) is 2. The maximum Gasteiger partial charge on any atom is 0.322 e. The summed E-state index contributed by atoms with van der Waals surface area (Å²) >= 11 is 0. The van der Waals surface area contributed by atoms with Crippen LogP contribution in [0.25, 0.3) is 11.5 Å². The summed E-state index contributed by atoms with van der Waals surface area (Å²) in [5, 5.41) is 10.4. The van der Waals surface area contributed by atoms with Crippen molar-refractivity contribution in [3.05, 3.63) is 42.0 Å². The number of methoxy groups -OCH3 is 4. The quantitative estimate of drug-likeness (QED) is 0.662. The molecule has 0 unspecified atom stereocenters. The van der Waals surface area contributed by atoms with Gasteiger partial charge in [0.25, 0.3) is 11.8 Å². The van der Waals surface area contributed by atoms with Crippen molar-refractivity contribution in [2.75, 3.05) is 33.8 Å². The van der Waals surface area contributed by atoms with Gasteiger partial charge in [0.15, 0.2) is 11.5 Å². The second kappa shape index (κ2) is 8.30. The molecule has 0 saturated heterocycles. The second-order valence-corrected chi connectivity index (χ2v) is 5.50. The van der Waals surface area contributed by atoms with Crippen LogP contribution in [0.2, 0.25) is 0 Å². The third-order valence-electron chi connectivity index (χ3n) is 3.93. The van der Waals surface area contributed by atoms with E-state index in [1.807, 2.05) is 0 Å². The summed E-state index contributed by atoms with van der Waals surface area (Å²) in [7, 11) is 6.09. The molecule has 0 radical (unpaired) electrons. The Labute approximate surface area is 161 Å². The molecule has 0 aliphatic rings. The van der Waals surface area contributed by atoms with Crippen LogP contribution in [-0.4, -0.2) is 44.5 Å². The molecule has 3 aromatic rings. The van der Waals surface area contributed by atoms with E-state index in [1.165, 1.54) is 21.3 Å². The monoisotopic (exact) mass is 385 g/mol. The molecule has 0 aliphatic carbocycles. The predicted octanol–water partition coefficient (Wildman–Crippen LogP) is 3.02. The summed E-state index contributed by atoms with van der Waals surface area (Å²) in [6.45, 7) is 0. The minimum Gasteiger partial charge on any atom is -0.497 e. The Balaban J connectivity index is 1.81. The first-order valence-corrected chi connectivity index (χ1v) is 8.19. The van der Waals surface area contributed by atoms with Gasteiger partial charge in [-0.25, -0.2) is 0 Å². The Morgan fingerprint density at radius 1 is 0.857 bits per heavy atom. The second-order valence-electron chi connectivity index (χ2n) is 5.50.